The summed E-state index contributed by atoms with van der Waals surface area (Å²) >= 11 is 0. The van der Waals surface area contributed by atoms with Gasteiger partial charge in [-0.05, 0) is 49.1 Å². The lowest BCUT2D eigenvalue weighted by Crippen LogP contribution is -2.38. The highest BCUT2D eigenvalue weighted by Gasteiger charge is 2.58. The monoisotopic (exact) mass is 383 g/mol. The molecule has 144 valence electrons. The van der Waals surface area contributed by atoms with E-state index in [1.807, 2.05) is 6.07 Å². The fraction of sp³-hybridized carbons (Fsp3) is 0.444. The zero-order valence-corrected chi connectivity index (χ0v) is 14.4. The van der Waals surface area contributed by atoms with Crippen molar-refractivity contribution < 1.29 is 27.1 Å². The number of carbonyl (C=O) groups excluding carboxylic acids is 1. The largest absolute Gasteiger partial charge is 0.437 e. The number of alkyl halides is 3. The van der Waals surface area contributed by atoms with Crippen molar-refractivity contribution >= 4 is 6.09 Å². The van der Waals surface area contributed by atoms with E-state index in [2.05, 4.69) is 9.84 Å². The summed E-state index contributed by atoms with van der Waals surface area (Å²) in [5, 5.41) is 4.52. The molecule has 1 saturated carbocycles. The van der Waals surface area contributed by atoms with E-state index in [4.69, 9.17) is 0 Å². The lowest BCUT2D eigenvalue weighted by molar-refractivity contribution is -0.199. The zero-order valence-electron chi connectivity index (χ0n) is 14.4. The molecule has 3 atom stereocenters. The van der Waals surface area contributed by atoms with Crippen LogP contribution in [-0.4, -0.2) is 46.1 Å². The van der Waals surface area contributed by atoms with Gasteiger partial charge in [0, 0.05) is 25.2 Å². The Morgan fingerprint density at radius 3 is 2.41 bits per heavy atom. The highest BCUT2D eigenvalue weighted by atomic mass is 19.4. The molecule has 0 radical (unpaired) electrons. The van der Waals surface area contributed by atoms with E-state index in [-0.39, 0.29) is 23.6 Å². The van der Waals surface area contributed by atoms with Crippen LogP contribution < -0.4 is 0 Å². The summed E-state index contributed by atoms with van der Waals surface area (Å²) in [6.45, 7) is 1.55. The molecule has 27 heavy (non-hydrogen) atoms. The molecular weight excluding hydrogens is 366 g/mol. The molecule has 5 nitrogen and oxygen atoms in total. The molecule has 1 aliphatic carbocycles. The maximum atomic E-state index is 13.0. The minimum absolute atomic E-state index is 0.176. The fourth-order valence-corrected chi connectivity index (χ4v) is 3.66. The third-order valence-electron chi connectivity index (χ3n) is 5.23. The Hall–Kier alpha value is -2.58. The van der Waals surface area contributed by atoms with Gasteiger partial charge in [-0.1, -0.05) is 0 Å². The second-order valence-electron chi connectivity index (χ2n) is 6.99. The van der Waals surface area contributed by atoms with Crippen LogP contribution in [0.15, 0.2) is 36.5 Å². The first-order valence-electron chi connectivity index (χ1n) is 8.58. The van der Waals surface area contributed by atoms with Gasteiger partial charge in [-0.3, -0.25) is 0 Å². The standard InChI is InChI=1S/C18H17F4N3O2/c1-10(18(20,21)22)27-17(26)24-8-13-14(9-24)16(13)15-6-7-25(23-15)12-4-2-11(19)3-5-12/h2-7,10,13-14,16H,8-9H2,1H3. The van der Waals surface area contributed by atoms with E-state index in [1.54, 1.807) is 23.0 Å². The number of carbonyl (C=O) groups is 1. The number of benzene rings is 1. The lowest BCUT2D eigenvalue weighted by Gasteiger charge is -2.23. The van der Waals surface area contributed by atoms with E-state index in [9.17, 15) is 22.4 Å². The lowest BCUT2D eigenvalue weighted by atomic mass is 10.2. The third-order valence-corrected chi connectivity index (χ3v) is 5.23. The van der Waals surface area contributed by atoms with Gasteiger partial charge >= 0.3 is 12.3 Å². The summed E-state index contributed by atoms with van der Waals surface area (Å²) in [6.07, 6.45) is -5.83. The Morgan fingerprint density at radius 2 is 1.81 bits per heavy atom. The van der Waals surface area contributed by atoms with E-state index >= 15 is 0 Å². The third kappa shape index (κ3) is 3.38. The first-order valence-corrected chi connectivity index (χ1v) is 8.58. The average molecular weight is 383 g/mol. The summed E-state index contributed by atoms with van der Waals surface area (Å²) in [6, 6.07) is 7.83. The van der Waals surface area contributed by atoms with Crippen LogP contribution >= 0.6 is 0 Å². The van der Waals surface area contributed by atoms with Crippen molar-refractivity contribution in [3.63, 3.8) is 0 Å². The Kier molecular flexibility index (Phi) is 4.12. The number of piperidine rings is 1. The Labute approximate surface area is 152 Å². The van der Waals surface area contributed by atoms with Gasteiger partial charge in [0.2, 0.25) is 0 Å². The molecule has 0 bridgehead atoms. The Bertz CT molecular complexity index is 837. The zero-order chi connectivity index (χ0) is 19.3. The number of aromatic nitrogens is 2. The van der Waals surface area contributed by atoms with Gasteiger partial charge in [0.15, 0.2) is 6.10 Å². The number of hydrogen-bond donors (Lipinski definition) is 0. The molecule has 0 N–H and O–H groups in total. The minimum atomic E-state index is -4.56. The first-order chi connectivity index (χ1) is 12.7. The van der Waals surface area contributed by atoms with Crippen molar-refractivity contribution in [3.05, 3.63) is 48.0 Å². The second kappa shape index (κ2) is 6.24. The normalized spacial score (nSPS) is 25.2. The summed E-state index contributed by atoms with van der Waals surface area (Å²) in [5.41, 5.74) is 1.60. The molecule has 2 aliphatic rings. The van der Waals surface area contributed by atoms with Crippen LogP contribution in [0.4, 0.5) is 22.4 Å². The van der Waals surface area contributed by atoms with Gasteiger partial charge in [0.05, 0.1) is 11.4 Å². The molecule has 9 heteroatoms. The predicted octanol–water partition coefficient (Wildman–Crippen LogP) is 3.74. The van der Waals surface area contributed by atoms with E-state index in [0.29, 0.717) is 13.1 Å². The van der Waals surface area contributed by atoms with E-state index < -0.39 is 18.4 Å². The van der Waals surface area contributed by atoms with Crippen molar-refractivity contribution in [2.75, 3.05) is 13.1 Å². The smallest absolute Gasteiger partial charge is 0.425 e. The highest BCUT2D eigenvalue weighted by Crippen LogP contribution is 2.57. The summed E-state index contributed by atoms with van der Waals surface area (Å²) in [4.78, 5) is 13.2. The number of amides is 1. The molecular formula is C18H17F4N3O2. The topological polar surface area (TPSA) is 47.4 Å². The van der Waals surface area contributed by atoms with E-state index in [1.165, 1.54) is 17.0 Å². The van der Waals surface area contributed by atoms with Crippen LogP contribution in [0.25, 0.3) is 5.69 Å². The van der Waals surface area contributed by atoms with Crippen LogP contribution in [0.3, 0.4) is 0 Å². The predicted molar refractivity (Wildman–Crippen MR) is 86.8 cm³/mol. The molecule has 1 saturated heterocycles. The molecule has 2 fully saturated rings. The first kappa shape index (κ1) is 17.8. The van der Waals surface area contributed by atoms with Crippen LogP contribution in [0, 0.1) is 17.7 Å². The van der Waals surface area contributed by atoms with Gasteiger partial charge in [0.1, 0.15) is 5.82 Å². The van der Waals surface area contributed by atoms with Crippen LogP contribution in [0.1, 0.15) is 18.5 Å². The molecule has 1 aromatic heterocycles. The van der Waals surface area contributed by atoms with Crippen molar-refractivity contribution in [2.45, 2.75) is 25.1 Å². The van der Waals surface area contributed by atoms with Crippen LogP contribution in [-0.2, 0) is 4.74 Å². The van der Waals surface area contributed by atoms with Crippen LogP contribution in [0.5, 0.6) is 0 Å². The summed E-state index contributed by atoms with van der Waals surface area (Å²) in [7, 11) is 0. The average Bonchev–Trinajstić information content (AvgIpc) is 3.00. The molecule has 1 amide bonds. The van der Waals surface area contributed by atoms with Gasteiger partial charge in [-0.15, -0.1) is 0 Å². The quantitative estimate of drug-likeness (QED) is 0.759. The van der Waals surface area contributed by atoms with Crippen molar-refractivity contribution in [3.8, 4) is 5.69 Å². The molecule has 1 aliphatic heterocycles. The molecule has 2 heterocycles. The number of rotatable bonds is 3. The summed E-state index contributed by atoms with van der Waals surface area (Å²) in [5.74, 6) is 0.205. The maximum Gasteiger partial charge on any atom is 0.425 e. The van der Waals surface area contributed by atoms with Gasteiger partial charge in [0.25, 0.3) is 0 Å². The molecule has 1 aromatic carbocycles. The molecule has 0 spiro atoms. The van der Waals surface area contributed by atoms with Gasteiger partial charge in [-0.2, -0.15) is 18.3 Å². The van der Waals surface area contributed by atoms with Crippen molar-refractivity contribution in [1.82, 2.24) is 14.7 Å². The Morgan fingerprint density at radius 1 is 1.19 bits per heavy atom. The fourth-order valence-electron chi connectivity index (χ4n) is 3.66. The number of nitrogens with zero attached hydrogens (tertiary/aromatic N) is 3. The van der Waals surface area contributed by atoms with E-state index in [0.717, 1.165) is 18.3 Å². The number of likely N-dealkylation sites (tertiary alicyclic amines) is 1. The molecule has 4 rings (SSSR count). The number of halogens is 4. The number of fused-ring (bicyclic) bond motifs is 1. The van der Waals surface area contributed by atoms with Crippen molar-refractivity contribution in [1.29, 1.82) is 0 Å². The SMILES string of the molecule is CC(OC(=O)N1CC2C(C1)C2c1ccn(-c2ccc(F)cc2)n1)C(F)(F)F. The molecule has 2 aromatic rings. The minimum Gasteiger partial charge on any atom is -0.437 e. The Balaban J connectivity index is 1.35. The second-order valence-corrected chi connectivity index (χ2v) is 6.99. The van der Waals surface area contributed by atoms with Crippen LogP contribution in [0.2, 0.25) is 0 Å². The number of ether oxygens (including phenoxy) is 1. The summed E-state index contributed by atoms with van der Waals surface area (Å²) < 4.78 is 56.7. The molecule has 3 unspecified atom stereocenters. The number of hydrogen-bond acceptors (Lipinski definition) is 3. The maximum absolute atomic E-state index is 13.0. The van der Waals surface area contributed by atoms with Gasteiger partial charge in [-0.25, -0.2) is 13.9 Å². The van der Waals surface area contributed by atoms with Gasteiger partial charge < -0.3 is 9.64 Å². The van der Waals surface area contributed by atoms with Crippen molar-refractivity contribution in [2.24, 2.45) is 11.8 Å². The highest BCUT2D eigenvalue weighted by molar-refractivity contribution is 5.69.